The van der Waals surface area contributed by atoms with Crippen LogP contribution in [0, 0.1) is 0 Å². The van der Waals surface area contributed by atoms with Gasteiger partial charge in [0.1, 0.15) is 0 Å². The zero-order chi connectivity index (χ0) is 13.7. The molecule has 0 spiro atoms. The molecule has 0 amide bonds. The first kappa shape index (κ1) is 14.2. The van der Waals surface area contributed by atoms with E-state index in [2.05, 4.69) is 4.90 Å². The second kappa shape index (κ2) is 6.84. The Hall–Kier alpha value is -1.17. The third-order valence-electron chi connectivity index (χ3n) is 3.51. The number of hydrogen-bond donors (Lipinski definition) is 2. The highest BCUT2D eigenvalue weighted by Crippen LogP contribution is 2.28. The van der Waals surface area contributed by atoms with Gasteiger partial charge in [0, 0.05) is 30.1 Å². The first-order valence-electron chi connectivity index (χ1n) is 6.53. The standard InChI is InChI=1S/C14H19NO3S/c16-8-7-15(12-2-1-3-12)10-13-11(6-9-19-13)4-5-14(17)18/h4-6,9,12,16H,1-3,7-8,10H2,(H,17,18)/b5-4+. The summed E-state index contributed by atoms with van der Waals surface area (Å²) in [4.78, 5) is 14.0. The van der Waals surface area contributed by atoms with Crippen LogP contribution in [0.2, 0.25) is 0 Å². The largest absolute Gasteiger partial charge is 0.478 e. The van der Waals surface area contributed by atoms with Crippen LogP contribution in [0.4, 0.5) is 0 Å². The fraction of sp³-hybridized carbons (Fsp3) is 0.500. The van der Waals surface area contributed by atoms with Gasteiger partial charge in [0.25, 0.3) is 0 Å². The molecule has 2 rings (SSSR count). The summed E-state index contributed by atoms with van der Waals surface area (Å²) in [7, 11) is 0. The zero-order valence-corrected chi connectivity index (χ0v) is 11.6. The Labute approximate surface area is 117 Å². The molecule has 1 aromatic rings. The van der Waals surface area contributed by atoms with Gasteiger partial charge in [-0.3, -0.25) is 4.90 Å². The molecule has 19 heavy (non-hydrogen) atoms. The maximum Gasteiger partial charge on any atom is 0.328 e. The van der Waals surface area contributed by atoms with E-state index in [1.807, 2.05) is 11.4 Å². The number of hydrogen-bond acceptors (Lipinski definition) is 4. The van der Waals surface area contributed by atoms with Crippen molar-refractivity contribution in [3.05, 3.63) is 28.0 Å². The van der Waals surface area contributed by atoms with Crippen molar-refractivity contribution >= 4 is 23.4 Å². The van der Waals surface area contributed by atoms with E-state index in [0.717, 1.165) is 17.0 Å². The lowest BCUT2D eigenvalue weighted by atomic mass is 9.91. The van der Waals surface area contributed by atoms with Gasteiger partial charge in [0.15, 0.2) is 0 Å². The van der Waals surface area contributed by atoms with Gasteiger partial charge < -0.3 is 10.2 Å². The van der Waals surface area contributed by atoms with Crippen LogP contribution in [0.1, 0.15) is 29.7 Å². The number of rotatable bonds is 7. The van der Waals surface area contributed by atoms with Crippen LogP contribution in [0.15, 0.2) is 17.5 Å². The molecule has 1 aromatic heterocycles. The lowest BCUT2D eigenvalue weighted by molar-refractivity contribution is -0.131. The van der Waals surface area contributed by atoms with E-state index in [9.17, 15) is 4.79 Å². The van der Waals surface area contributed by atoms with Gasteiger partial charge in [-0.15, -0.1) is 11.3 Å². The van der Waals surface area contributed by atoms with Crippen molar-refractivity contribution in [2.75, 3.05) is 13.2 Å². The Morgan fingerprint density at radius 3 is 2.89 bits per heavy atom. The molecule has 0 bridgehead atoms. The molecule has 0 aromatic carbocycles. The average molecular weight is 281 g/mol. The Kier molecular flexibility index (Phi) is 5.13. The molecule has 104 valence electrons. The first-order valence-corrected chi connectivity index (χ1v) is 7.41. The number of nitrogens with zero attached hydrogens (tertiary/aromatic N) is 1. The third kappa shape index (κ3) is 3.89. The lowest BCUT2D eigenvalue weighted by Crippen LogP contribution is -2.41. The fourth-order valence-electron chi connectivity index (χ4n) is 2.24. The summed E-state index contributed by atoms with van der Waals surface area (Å²) >= 11 is 1.64. The summed E-state index contributed by atoms with van der Waals surface area (Å²) in [6, 6.07) is 2.52. The van der Waals surface area contributed by atoms with Crippen molar-refractivity contribution in [3.8, 4) is 0 Å². The van der Waals surface area contributed by atoms with Crippen LogP contribution in [0.25, 0.3) is 6.08 Å². The van der Waals surface area contributed by atoms with Crippen molar-refractivity contribution in [2.45, 2.75) is 31.8 Å². The minimum absolute atomic E-state index is 0.169. The summed E-state index contributed by atoms with van der Waals surface area (Å²) in [5.74, 6) is -0.927. The van der Waals surface area contributed by atoms with Crippen LogP contribution in [0.3, 0.4) is 0 Å². The highest BCUT2D eigenvalue weighted by atomic mass is 32.1. The van der Waals surface area contributed by atoms with Crippen LogP contribution in [-0.2, 0) is 11.3 Å². The third-order valence-corrected chi connectivity index (χ3v) is 4.43. The second-order valence-corrected chi connectivity index (χ2v) is 5.75. The maximum atomic E-state index is 10.6. The summed E-state index contributed by atoms with van der Waals surface area (Å²) in [5.41, 5.74) is 0.967. The van der Waals surface area contributed by atoms with Crippen molar-refractivity contribution in [1.29, 1.82) is 0 Å². The van der Waals surface area contributed by atoms with Crippen LogP contribution in [0.5, 0.6) is 0 Å². The van der Waals surface area contributed by atoms with E-state index >= 15 is 0 Å². The topological polar surface area (TPSA) is 60.8 Å². The summed E-state index contributed by atoms with van der Waals surface area (Å²) < 4.78 is 0. The Balaban J connectivity index is 2.04. The Morgan fingerprint density at radius 2 is 2.32 bits per heavy atom. The van der Waals surface area contributed by atoms with E-state index in [1.165, 1.54) is 25.3 Å². The zero-order valence-electron chi connectivity index (χ0n) is 10.8. The normalized spacial score (nSPS) is 16.1. The molecule has 0 saturated heterocycles. The molecule has 5 heteroatoms. The van der Waals surface area contributed by atoms with Gasteiger partial charge in [0.2, 0.25) is 0 Å². The van der Waals surface area contributed by atoms with E-state index < -0.39 is 5.97 Å². The number of aliphatic carboxylic acids is 1. The molecular weight excluding hydrogens is 262 g/mol. The number of carboxylic acid groups (broad SMARTS) is 1. The highest BCUT2D eigenvalue weighted by molar-refractivity contribution is 7.10. The predicted octanol–water partition coefficient (Wildman–Crippen LogP) is 2.19. The summed E-state index contributed by atoms with van der Waals surface area (Å²) in [5, 5.41) is 19.8. The molecule has 1 fully saturated rings. The van der Waals surface area contributed by atoms with Gasteiger partial charge in [-0.2, -0.15) is 0 Å². The number of aliphatic hydroxyl groups is 1. The van der Waals surface area contributed by atoms with Crippen molar-refractivity contribution in [2.24, 2.45) is 0 Å². The molecule has 0 aliphatic heterocycles. The molecule has 1 aliphatic carbocycles. The molecule has 4 nitrogen and oxygen atoms in total. The number of aliphatic hydroxyl groups excluding tert-OH is 1. The molecule has 1 heterocycles. The lowest BCUT2D eigenvalue weighted by Gasteiger charge is -2.37. The molecule has 0 atom stereocenters. The van der Waals surface area contributed by atoms with E-state index in [0.29, 0.717) is 12.6 Å². The fourth-order valence-corrected chi connectivity index (χ4v) is 3.14. The Morgan fingerprint density at radius 1 is 1.53 bits per heavy atom. The molecule has 2 N–H and O–H groups in total. The van der Waals surface area contributed by atoms with Gasteiger partial charge >= 0.3 is 5.97 Å². The molecule has 0 unspecified atom stereocenters. The summed E-state index contributed by atoms with van der Waals surface area (Å²) in [6.45, 7) is 1.65. The second-order valence-electron chi connectivity index (χ2n) is 4.75. The van der Waals surface area contributed by atoms with Crippen molar-refractivity contribution < 1.29 is 15.0 Å². The van der Waals surface area contributed by atoms with Crippen LogP contribution < -0.4 is 0 Å². The quantitative estimate of drug-likeness (QED) is 0.752. The maximum absolute atomic E-state index is 10.6. The molecule has 1 aliphatic rings. The molecule has 0 radical (unpaired) electrons. The minimum atomic E-state index is -0.927. The van der Waals surface area contributed by atoms with Crippen LogP contribution in [-0.4, -0.2) is 40.3 Å². The van der Waals surface area contributed by atoms with Crippen molar-refractivity contribution in [3.63, 3.8) is 0 Å². The Bertz CT molecular complexity index is 451. The van der Waals surface area contributed by atoms with E-state index in [4.69, 9.17) is 10.2 Å². The van der Waals surface area contributed by atoms with Gasteiger partial charge in [-0.1, -0.05) is 6.42 Å². The van der Waals surface area contributed by atoms with E-state index in [-0.39, 0.29) is 6.61 Å². The summed E-state index contributed by atoms with van der Waals surface area (Å²) in [6.07, 6.45) is 6.48. The molecular formula is C14H19NO3S. The monoisotopic (exact) mass is 281 g/mol. The first-order chi connectivity index (χ1) is 9.20. The number of carboxylic acids is 1. The van der Waals surface area contributed by atoms with Crippen molar-refractivity contribution in [1.82, 2.24) is 4.90 Å². The average Bonchev–Trinajstić information content (AvgIpc) is 2.72. The minimum Gasteiger partial charge on any atom is -0.478 e. The number of thiophene rings is 1. The SMILES string of the molecule is O=C(O)/C=C/c1ccsc1CN(CCO)C1CCC1. The van der Waals surface area contributed by atoms with Gasteiger partial charge in [-0.05, 0) is 35.9 Å². The molecule has 1 saturated carbocycles. The van der Waals surface area contributed by atoms with Crippen LogP contribution >= 0.6 is 11.3 Å². The number of carbonyl (C=O) groups is 1. The van der Waals surface area contributed by atoms with E-state index in [1.54, 1.807) is 17.4 Å². The van der Waals surface area contributed by atoms with Gasteiger partial charge in [0.05, 0.1) is 6.61 Å². The van der Waals surface area contributed by atoms with Gasteiger partial charge in [-0.25, -0.2) is 4.79 Å². The smallest absolute Gasteiger partial charge is 0.328 e. The highest BCUT2D eigenvalue weighted by Gasteiger charge is 2.25. The predicted molar refractivity (Wildman–Crippen MR) is 76.1 cm³/mol.